The van der Waals surface area contributed by atoms with Crippen LogP contribution in [-0.4, -0.2) is 40.0 Å². The Balaban J connectivity index is 0.00000168. The second kappa shape index (κ2) is 13.5. The first-order valence-corrected chi connectivity index (χ1v) is 11.9. The standard InChI is InChI=1S/C19H26N6O3.3C2H6/c1-18(2,10-25(5)16(20)21)19(3,4)28-12-8-6-7-11-14(12)23-15-13(27-11)9-22-17(26)24-15;3*1-2/h6-9H,10H2,1-5H3,(H3,20,21)(H2,22,23,24,26);3*1-2H3. The number of nitrogens with one attached hydrogen (secondary N) is 3. The topological polar surface area (TPSA) is 129 Å². The molecule has 0 fully saturated rings. The molecule has 2 heterocycles. The fourth-order valence-corrected chi connectivity index (χ4v) is 2.88. The van der Waals surface area contributed by atoms with Gasteiger partial charge in [-0.25, -0.2) is 4.79 Å². The van der Waals surface area contributed by atoms with E-state index in [0.29, 0.717) is 35.3 Å². The number of guanidine groups is 1. The number of anilines is 2. The molecule has 0 aliphatic carbocycles. The van der Waals surface area contributed by atoms with Crippen LogP contribution in [0.1, 0.15) is 69.2 Å². The Hall–Kier alpha value is -3.23. The number of fused-ring (bicyclic) bond motifs is 2. The zero-order valence-electron chi connectivity index (χ0n) is 22.7. The molecule has 0 atom stereocenters. The van der Waals surface area contributed by atoms with Crippen LogP contribution in [-0.2, 0) is 0 Å². The number of ether oxygens (including phenoxy) is 2. The minimum absolute atomic E-state index is 0.00482. The summed E-state index contributed by atoms with van der Waals surface area (Å²) in [7, 11) is 1.78. The van der Waals surface area contributed by atoms with E-state index in [2.05, 4.69) is 29.1 Å². The van der Waals surface area contributed by atoms with Crippen molar-refractivity contribution in [2.24, 2.45) is 11.1 Å². The van der Waals surface area contributed by atoms with E-state index in [1.54, 1.807) is 11.9 Å². The molecular formula is C25H44N6O3. The van der Waals surface area contributed by atoms with E-state index in [-0.39, 0.29) is 11.4 Å². The predicted molar refractivity (Wildman–Crippen MR) is 142 cm³/mol. The molecule has 0 amide bonds. The van der Waals surface area contributed by atoms with Crippen LogP contribution in [0.4, 0.5) is 11.5 Å². The number of hydrogen-bond donors (Lipinski definition) is 4. The quantitative estimate of drug-likeness (QED) is 0.274. The largest absolute Gasteiger partial charge is 0.485 e. The molecule has 3 rings (SSSR count). The highest BCUT2D eigenvalue weighted by Crippen LogP contribution is 2.47. The molecule has 1 aromatic heterocycles. The maximum atomic E-state index is 11.5. The molecule has 1 aliphatic rings. The van der Waals surface area contributed by atoms with Gasteiger partial charge in [0.25, 0.3) is 0 Å². The minimum atomic E-state index is -0.612. The van der Waals surface area contributed by atoms with Crippen LogP contribution in [0.2, 0.25) is 0 Å². The molecule has 1 aliphatic heterocycles. The van der Waals surface area contributed by atoms with Gasteiger partial charge in [-0.05, 0) is 26.0 Å². The second-order valence-corrected chi connectivity index (χ2v) is 8.02. The molecule has 0 radical (unpaired) electrons. The van der Waals surface area contributed by atoms with Crippen LogP contribution < -0.4 is 26.2 Å². The highest BCUT2D eigenvalue weighted by molar-refractivity contribution is 5.77. The van der Waals surface area contributed by atoms with Crippen molar-refractivity contribution in [3.05, 3.63) is 34.9 Å². The van der Waals surface area contributed by atoms with Gasteiger partial charge in [0.2, 0.25) is 0 Å². The van der Waals surface area contributed by atoms with Crippen molar-refractivity contribution < 1.29 is 9.47 Å². The lowest BCUT2D eigenvalue weighted by Gasteiger charge is -2.44. The van der Waals surface area contributed by atoms with Crippen molar-refractivity contribution in [3.8, 4) is 17.2 Å². The van der Waals surface area contributed by atoms with Crippen LogP contribution in [0.3, 0.4) is 0 Å². The molecule has 9 heteroatoms. The van der Waals surface area contributed by atoms with Gasteiger partial charge in [0.15, 0.2) is 23.3 Å². The first-order chi connectivity index (χ1) is 16.0. The van der Waals surface area contributed by atoms with Crippen LogP contribution in [0.25, 0.3) is 0 Å². The van der Waals surface area contributed by atoms with Gasteiger partial charge in [-0.2, -0.15) is 4.98 Å². The lowest BCUT2D eigenvalue weighted by Crippen LogP contribution is -2.52. The Morgan fingerprint density at radius 3 is 2.26 bits per heavy atom. The van der Waals surface area contributed by atoms with Gasteiger partial charge in [0.1, 0.15) is 17.0 Å². The Morgan fingerprint density at radius 2 is 1.71 bits per heavy atom. The van der Waals surface area contributed by atoms with Gasteiger partial charge in [-0.15, -0.1) is 0 Å². The normalized spacial score (nSPS) is 11.1. The number of nitrogens with two attached hydrogens (primary N) is 1. The summed E-state index contributed by atoms with van der Waals surface area (Å²) in [6.07, 6.45) is 1.38. The number of aromatic amines is 1. The Morgan fingerprint density at radius 1 is 1.12 bits per heavy atom. The van der Waals surface area contributed by atoms with E-state index in [9.17, 15) is 4.79 Å². The molecule has 0 spiro atoms. The number of para-hydroxylation sites is 1. The van der Waals surface area contributed by atoms with Gasteiger partial charge in [-0.3, -0.25) is 10.4 Å². The van der Waals surface area contributed by atoms with Crippen molar-refractivity contribution in [2.45, 2.75) is 74.8 Å². The summed E-state index contributed by atoms with van der Waals surface area (Å²) in [6, 6.07) is 5.49. The third-order valence-electron chi connectivity index (χ3n) is 5.27. The molecule has 34 heavy (non-hydrogen) atoms. The average molecular weight is 477 g/mol. The number of nitrogens with zero attached hydrogens (tertiary/aromatic N) is 2. The predicted octanol–water partition coefficient (Wildman–Crippen LogP) is 5.71. The molecule has 0 unspecified atom stereocenters. The highest BCUT2D eigenvalue weighted by atomic mass is 16.5. The monoisotopic (exact) mass is 476 g/mol. The van der Waals surface area contributed by atoms with E-state index in [1.165, 1.54) is 6.20 Å². The fraction of sp³-hybridized carbons (Fsp3) is 0.560. The molecule has 0 bridgehead atoms. The summed E-state index contributed by atoms with van der Waals surface area (Å²) in [6.45, 7) is 20.6. The van der Waals surface area contributed by atoms with Crippen LogP contribution in [0, 0.1) is 10.8 Å². The fourth-order valence-electron chi connectivity index (χ4n) is 2.88. The molecule has 1 aromatic carbocycles. The zero-order valence-corrected chi connectivity index (χ0v) is 22.7. The molecule has 0 saturated carbocycles. The first-order valence-electron chi connectivity index (χ1n) is 11.9. The average Bonchev–Trinajstić information content (AvgIpc) is 2.81. The minimum Gasteiger partial charge on any atom is -0.485 e. The van der Waals surface area contributed by atoms with E-state index < -0.39 is 11.3 Å². The maximum Gasteiger partial charge on any atom is 0.346 e. The maximum absolute atomic E-state index is 11.5. The van der Waals surface area contributed by atoms with Crippen molar-refractivity contribution >= 4 is 17.5 Å². The van der Waals surface area contributed by atoms with E-state index in [0.717, 1.165) is 0 Å². The Kier molecular flexibility index (Phi) is 12.2. The summed E-state index contributed by atoms with van der Waals surface area (Å²) < 4.78 is 12.2. The second-order valence-electron chi connectivity index (χ2n) is 8.02. The number of aromatic nitrogens is 2. The van der Waals surface area contributed by atoms with E-state index in [4.69, 9.17) is 20.6 Å². The number of benzene rings is 1. The lowest BCUT2D eigenvalue weighted by atomic mass is 9.76. The van der Waals surface area contributed by atoms with Crippen molar-refractivity contribution in [1.82, 2.24) is 14.9 Å². The van der Waals surface area contributed by atoms with Gasteiger partial charge in [-0.1, -0.05) is 61.5 Å². The first kappa shape index (κ1) is 30.8. The summed E-state index contributed by atoms with van der Waals surface area (Å²) in [5, 5.41) is 10.8. The van der Waals surface area contributed by atoms with Crippen molar-refractivity contribution in [2.75, 3.05) is 18.9 Å². The summed E-state index contributed by atoms with van der Waals surface area (Å²) in [5.41, 5.74) is 4.80. The smallest absolute Gasteiger partial charge is 0.346 e. The Bertz CT molecular complexity index is 969. The van der Waals surface area contributed by atoms with Gasteiger partial charge in [0, 0.05) is 19.0 Å². The molecule has 2 aromatic rings. The van der Waals surface area contributed by atoms with Gasteiger partial charge in [0.05, 0.1) is 6.20 Å². The summed E-state index contributed by atoms with van der Waals surface area (Å²) >= 11 is 0. The number of H-pyrrole nitrogens is 1. The number of rotatable bonds is 5. The SMILES string of the molecule is CC.CC.CC.CN(CC(C)(C)C(C)(C)Oc1cccc2c1Nc1[nH]c(=O)ncc1O2)C(=N)N. The van der Waals surface area contributed by atoms with Crippen LogP contribution in [0.5, 0.6) is 17.2 Å². The van der Waals surface area contributed by atoms with Gasteiger partial charge >= 0.3 is 5.69 Å². The Labute approximate surface area is 204 Å². The van der Waals surface area contributed by atoms with E-state index >= 15 is 0 Å². The summed E-state index contributed by atoms with van der Waals surface area (Å²) in [5.74, 6) is 2.03. The number of hydrogen-bond acceptors (Lipinski definition) is 6. The molecule has 0 saturated heterocycles. The molecule has 192 valence electrons. The van der Waals surface area contributed by atoms with Gasteiger partial charge < -0.3 is 25.4 Å². The zero-order chi connectivity index (χ0) is 26.7. The lowest BCUT2D eigenvalue weighted by molar-refractivity contribution is -0.0190. The van der Waals surface area contributed by atoms with Crippen molar-refractivity contribution in [1.29, 1.82) is 5.41 Å². The van der Waals surface area contributed by atoms with Crippen LogP contribution in [0.15, 0.2) is 29.2 Å². The third kappa shape index (κ3) is 7.40. The van der Waals surface area contributed by atoms with Crippen LogP contribution >= 0.6 is 0 Å². The molecule has 9 nitrogen and oxygen atoms in total. The van der Waals surface area contributed by atoms with Crippen molar-refractivity contribution in [3.63, 3.8) is 0 Å². The summed E-state index contributed by atoms with van der Waals surface area (Å²) in [4.78, 5) is 19.5. The molecular weight excluding hydrogens is 432 g/mol. The van der Waals surface area contributed by atoms with E-state index in [1.807, 2.05) is 73.6 Å². The highest BCUT2D eigenvalue weighted by Gasteiger charge is 2.41. The molecule has 5 N–H and O–H groups in total. The third-order valence-corrected chi connectivity index (χ3v) is 5.27.